The van der Waals surface area contributed by atoms with Crippen molar-refractivity contribution in [2.45, 2.75) is 19.4 Å². The number of benzene rings is 3. The maximum atomic E-state index is 13.2. The van der Waals surface area contributed by atoms with Crippen LogP contribution in [0.2, 0.25) is 0 Å². The minimum Gasteiger partial charge on any atom is -0.332 e. The zero-order chi connectivity index (χ0) is 19.9. The molecule has 0 heterocycles. The molecular formula is C23H22N2O3. The number of nitrogens with zero attached hydrogens (tertiary/aromatic N) is 2. The van der Waals surface area contributed by atoms with Gasteiger partial charge in [-0.2, -0.15) is 0 Å². The van der Waals surface area contributed by atoms with Crippen LogP contribution in [0.4, 0.5) is 5.69 Å². The SMILES string of the molecule is CCN(C(=O)Cc1ccccc1[N+](=O)[O-])C(c1ccccc1)c1ccccc1. The third kappa shape index (κ3) is 4.26. The lowest BCUT2D eigenvalue weighted by molar-refractivity contribution is -0.385. The molecule has 3 rings (SSSR count). The van der Waals surface area contributed by atoms with Gasteiger partial charge in [-0.15, -0.1) is 0 Å². The summed E-state index contributed by atoms with van der Waals surface area (Å²) in [5, 5.41) is 11.3. The van der Waals surface area contributed by atoms with Gasteiger partial charge < -0.3 is 4.90 Å². The average molecular weight is 374 g/mol. The summed E-state index contributed by atoms with van der Waals surface area (Å²) in [5.74, 6) is -0.144. The van der Waals surface area contributed by atoms with E-state index in [1.165, 1.54) is 6.07 Å². The molecule has 0 radical (unpaired) electrons. The van der Waals surface area contributed by atoms with Gasteiger partial charge in [0.25, 0.3) is 5.69 Å². The van der Waals surface area contributed by atoms with E-state index in [2.05, 4.69) is 0 Å². The van der Waals surface area contributed by atoms with Crippen molar-refractivity contribution < 1.29 is 9.72 Å². The van der Waals surface area contributed by atoms with E-state index < -0.39 is 4.92 Å². The number of nitro groups is 1. The second kappa shape index (κ2) is 8.95. The molecule has 142 valence electrons. The van der Waals surface area contributed by atoms with E-state index in [1.54, 1.807) is 23.1 Å². The van der Waals surface area contributed by atoms with Crippen LogP contribution >= 0.6 is 0 Å². The fraction of sp³-hybridized carbons (Fsp3) is 0.174. The van der Waals surface area contributed by atoms with Gasteiger partial charge >= 0.3 is 0 Å². The smallest absolute Gasteiger partial charge is 0.273 e. The largest absolute Gasteiger partial charge is 0.332 e. The zero-order valence-electron chi connectivity index (χ0n) is 15.7. The summed E-state index contributed by atoms with van der Waals surface area (Å²) >= 11 is 0. The van der Waals surface area contributed by atoms with E-state index in [-0.39, 0.29) is 24.1 Å². The zero-order valence-corrected chi connectivity index (χ0v) is 15.7. The highest BCUT2D eigenvalue weighted by molar-refractivity contribution is 5.81. The quantitative estimate of drug-likeness (QED) is 0.442. The Labute approximate surface area is 164 Å². The summed E-state index contributed by atoms with van der Waals surface area (Å²) in [6.07, 6.45) is -0.0127. The molecule has 0 aliphatic rings. The van der Waals surface area contributed by atoms with Crippen LogP contribution in [0.5, 0.6) is 0 Å². The Morgan fingerprint density at radius 2 is 1.39 bits per heavy atom. The molecule has 0 fully saturated rings. The van der Waals surface area contributed by atoms with Crippen LogP contribution < -0.4 is 0 Å². The topological polar surface area (TPSA) is 63.5 Å². The summed E-state index contributed by atoms with van der Waals surface area (Å²) < 4.78 is 0. The van der Waals surface area contributed by atoms with Gasteiger partial charge in [-0.1, -0.05) is 78.9 Å². The second-order valence-corrected chi connectivity index (χ2v) is 6.47. The minimum atomic E-state index is -0.440. The molecule has 0 aliphatic carbocycles. The molecule has 5 heteroatoms. The molecule has 0 aromatic heterocycles. The molecule has 3 aromatic rings. The second-order valence-electron chi connectivity index (χ2n) is 6.47. The highest BCUT2D eigenvalue weighted by Gasteiger charge is 2.27. The number of hydrogen-bond donors (Lipinski definition) is 0. The van der Waals surface area contributed by atoms with Crippen molar-refractivity contribution in [1.29, 1.82) is 0 Å². The molecule has 0 atom stereocenters. The molecular weight excluding hydrogens is 352 g/mol. The highest BCUT2D eigenvalue weighted by Crippen LogP contribution is 2.30. The van der Waals surface area contributed by atoms with E-state index in [4.69, 9.17) is 0 Å². The van der Waals surface area contributed by atoms with Crippen molar-refractivity contribution in [3.63, 3.8) is 0 Å². The van der Waals surface area contributed by atoms with Crippen molar-refractivity contribution in [3.8, 4) is 0 Å². The molecule has 5 nitrogen and oxygen atoms in total. The fourth-order valence-corrected chi connectivity index (χ4v) is 3.43. The Balaban J connectivity index is 1.97. The highest BCUT2D eigenvalue weighted by atomic mass is 16.6. The lowest BCUT2D eigenvalue weighted by Crippen LogP contribution is -2.36. The molecule has 28 heavy (non-hydrogen) atoms. The Morgan fingerprint density at radius 1 is 0.893 bits per heavy atom. The third-order valence-corrected chi connectivity index (χ3v) is 4.73. The molecule has 0 saturated carbocycles. The molecule has 3 aromatic carbocycles. The van der Waals surface area contributed by atoms with Crippen LogP contribution in [0.15, 0.2) is 84.9 Å². The van der Waals surface area contributed by atoms with Crippen molar-refractivity contribution >= 4 is 11.6 Å². The fourth-order valence-electron chi connectivity index (χ4n) is 3.43. The van der Waals surface area contributed by atoms with Gasteiger partial charge in [-0.25, -0.2) is 0 Å². The number of rotatable bonds is 7. The third-order valence-electron chi connectivity index (χ3n) is 4.73. The minimum absolute atomic E-state index is 0.0127. The van der Waals surface area contributed by atoms with Crippen LogP contribution in [0.3, 0.4) is 0 Å². The number of likely N-dealkylation sites (N-methyl/N-ethyl adjacent to an activating group) is 1. The molecule has 0 unspecified atom stereocenters. The number of amides is 1. The van der Waals surface area contributed by atoms with Gasteiger partial charge in [-0.3, -0.25) is 14.9 Å². The van der Waals surface area contributed by atoms with Crippen molar-refractivity contribution in [1.82, 2.24) is 4.90 Å². The predicted octanol–water partition coefficient (Wildman–Crippen LogP) is 4.78. The van der Waals surface area contributed by atoms with Gasteiger partial charge in [-0.05, 0) is 18.1 Å². The maximum Gasteiger partial charge on any atom is 0.273 e. The van der Waals surface area contributed by atoms with Crippen LogP contribution in [0.25, 0.3) is 0 Å². The molecule has 0 N–H and O–H groups in total. The van der Waals surface area contributed by atoms with Crippen LogP contribution in [0.1, 0.15) is 29.7 Å². The lowest BCUT2D eigenvalue weighted by Gasteiger charge is -2.32. The summed E-state index contributed by atoms with van der Waals surface area (Å²) in [4.78, 5) is 25.8. The van der Waals surface area contributed by atoms with E-state index in [0.717, 1.165) is 11.1 Å². The summed E-state index contributed by atoms with van der Waals surface area (Å²) in [6.45, 7) is 2.42. The first-order valence-electron chi connectivity index (χ1n) is 9.23. The van der Waals surface area contributed by atoms with Crippen LogP contribution in [-0.2, 0) is 11.2 Å². The molecule has 0 saturated heterocycles. The number of para-hydroxylation sites is 1. The number of carbonyl (C=O) groups excluding carboxylic acids is 1. The van der Waals surface area contributed by atoms with Gasteiger partial charge in [0.15, 0.2) is 0 Å². The predicted molar refractivity (Wildman–Crippen MR) is 109 cm³/mol. The molecule has 0 bridgehead atoms. The lowest BCUT2D eigenvalue weighted by atomic mass is 9.96. The van der Waals surface area contributed by atoms with Gasteiger partial charge in [0.2, 0.25) is 5.91 Å². The maximum absolute atomic E-state index is 13.2. The van der Waals surface area contributed by atoms with Crippen molar-refractivity contribution in [3.05, 3.63) is 112 Å². The summed E-state index contributed by atoms with van der Waals surface area (Å²) in [6, 6.07) is 25.8. The first-order chi connectivity index (χ1) is 13.6. The number of carbonyl (C=O) groups is 1. The van der Waals surface area contributed by atoms with E-state index >= 15 is 0 Å². The van der Waals surface area contributed by atoms with Crippen LogP contribution in [0, 0.1) is 10.1 Å². The van der Waals surface area contributed by atoms with Crippen molar-refractivity contribution in [2.24, 2.45) is 0 Å². The Bertz CT molecular complexity index is 903. The van der Waals surface area contributed by atoms with E-state index in [0.29, 0.717) is 12.1 Å². The summed E-state index contributed by atoms with van der Waals surface area (Å²) in [5.41, 5.74) is 2.41. The Hall–Kier alpha value is -3.47. The van der Waals surface area contributed by atoms with Gasteiger partial charge in [0, 0.05) is 18.2 Å². The first-order valence-corrected chi connectivity index (χ1v) is 9.23. The Morgan fingerprint density at radius 3 is 1.89 bits per heavy atom. The van der Waals surface area contributed by atoms with Gasteiger partial charge in [0.05, 0.1) is 17.4 Å². The monoisotopic (exact) mass is 374 g/mol. The summed E-state index contributed by atoms with van der Waals surface area (Å²) in [7, 11) is 0. The van der Waals surface area contributed by atoms with E-state index in [1.807, 2.05) is 67.6 Å². The average Bonchev–Trinajstić information content (AvgIpc) is 2.73. The number of nitro benzene ring substituents is 1. The van der Waals surface area contributed by atoms with Gasteiger partial charge in [0.1, 0.15) is 0 Å². The van der Waals surface area contributed by atoms with E-state index in [9.17, 15) is 14.9 Å². The molecule has 0 spiro atoms. The standard InChI is InChI=1S/C23H22N2O3/c1-2-24(22(26)17-20-15-9-10-16-21(20)25(27)28)23(18-11-5-3-6-12-18)19-13-7-4-8-14-19/h3-16,23H,2,17H2,1H3. The molecule has 1 amide bonds. The molecule has 0 aliphatic heterocycles. The van der Waals surface area contributed by atoms with Crippen LogP contribution in [-0.4, -0.2) is 22.3 Å². The van der Waals surface area contributed by atoms with Crippen molar-refractivity contribution in [2.75, 3.05) is 6.54 Å². The first kappa shape index (κ1) is 19.3. The number of hydrogen-bond acceptors (Lipinski definition) is 3. The Kier molecular flexibility index (Phi) is 6.17. The normalized spacial score (nSPS) is 10.6.